The molecule has 2 aromatic carbocycles. The third-order valence-electron chi connectivity index (χ3n) is 8.05. The number of aromatic nitrogens is 2. The molecule has 1 aliphatic carbocycles. The van der Waals surface area contributed by atoms with Crippen molar-refractivity contribution in [3.8, 4) is 22.8 Å². The molecular formula is C32H40ClN3O3. The summed E-state index contributed by atoms with van der Waals surface area (Å²) < 4.78 is 11.3. The summed E-state index contributed by atoms with van der Waals surface area (Å²) in [6.07, 6.45) is 8.94. The highest BCUT2D eigenvalue weighted by Crippen LogP contribution is 2.38. The monoisotopic (exact) mass is 549 g/mol. The molecule has 3 N–H and O–H groups in total. The molecular weight excluding hydrogens is 510 g/mol. The molecule has 208 valence electrons. The van der Waals surface area contributed by atoms with Crippen LogP contribution in [0.15, 0.2) is 48.7 Å². The lowest BCUT2D eigenvalue weighted by Gasteiger charge is -2.26. The summed E-state index contributed by atoms with van der Waals surface area (Å²) in [7, 11) is 1.62. The highest BCUT2D eigenvalue weighted by molar-refractivity contribution is 6.30. The van der Waals surface area contributed by atoms with Gasteiger partial charge in [-0.25, -0.2) is 5.10 Å². The SMILES string of the molecule is C/C=C(/C(=O)C1COc2ccc(Cl)cc2C1)c1ccc(-c2cn[nH]c2OC)cc1C(C)CC.CCC1(N)CC1. The van der Waals surface area contributed by atoms with Crippen LogP contribution in [0.4, 0.5) is 0 Å². The second-order valence-corrected chi connectivity index (χ2v) is 11.1. The summed E-state index contributed by atoms with van der Waals surface area (Å²) in [6.45, 7) is 8.79. The van der Waals surface area contributed by atoms with Crippen molar-refractivity contribution in [1.29, 1.82) is 0 Å². The van der Waals surface area contributed by atoms with Crippen LogP contribution < -0.4 is 15.2 Å². The number of carbonyl (C=O) groups is 1. The Morgan fingerprint density at radius 1 is 1.28 bits per heavy atom. The number of rotatable bonds is 8. The van der Waals surface area contributed by atoms with Gasteiger partial charge in [0.15, 0.2) is 5.78 Å². The Balaban J connectivity index is 0.000000519. The first-order chi connectivity index (χ1) is 18.7. The number of fused-ring (bicyclic) bond motifs is 1. The number of halogens is 1. The molecule has 2 unspecified atom stereocenters. The van der Waals surface area contributed by atoms with Gasteiger partial charge in [-0.05, 0) is 85.4 Å². The normalized spacial score (nSPS) is 18.2. The molecule has 0 bridgehead atoms. The number of benzene rings is 2. The maximum Gasteiger partial charge on any atom is 0.216 e. The molecule has 1 aliphatic heterocycles. The van der Waals surface area contributed by atoms with Crippen LogP contribution in [-0.4, -0.2) is 35.2 Å². The van der Waals surface area contributed by atoms with Gasteiger partial charge in [-0.1, -0.05) is 56.6 Å². The van der Waals surface area contributed by atoms with Crippen LogP contribution in [0.5, 0.6) is 11.6 Å². The van der Waals surface area contributed by atoms with E-state index in [-0.39, 0.29) is 17.6 Å². The number of ketones is 1. The van der Waals surface area contributed by atoms with Crippen molar-refractivity contribution in [3.63, 3.8) is 0 Å². The van der Waals surface area contributed by atoms with Gasteiger partial charge in [-0.15, -0.1) is 0 Å². The van der Waals surface area contributed by atoms with Crippen LogP contribution >= 0.6 is 11.6 Å². The van der Waals surface area contributed by atoms with E-state index in [0.717, 1.165) is 52.0 Å². The first-order valence-corrected chi connectivity index (χ1v) is 14.2. The Bertz CT molecular complexity index is 1340. The lowest BCUT2D eigenvalue weighted by molar-refractivity contribution is -0.118. The molecule has 2 atom stereocenters. The van der Waals surface area contributed by atoms with E-state index in [1.165, 1.54) is 12.8 Å². The summed E-state index contributed by atoms with van der Waals surface area (Å²) in [4.78, 5) is 13.7. The number of methoxy groups -OCH3 is 1. The van der Waals surface area contributed by atoms with Crippen molar-refractivity contribution >= 4 is 23.0 Å². The van der Waals surface area contributed by atoms with Gasteiger partial charge in [0.2, 0.25) is 5.88 Å². The van der Waals surface area contributed by atoms with E-state index < -0.39 is 0 Å². The maximum absolute atomic E-state index is 13.7. The summed E-state index contributed by atoms with van der Waals surface area (Å²) in [5.74, 6) is 1.56. The predicted molar refractivity (Wildman–Crippen MR) is 159 cm³/mol. The Morgan fingerprint density at radius 2 is 2.05 bits per heavy atom. The zero-order valence-corrected chi connectivity index (χ0v) is 24.4. The molecule has 0 saturated heterocycles. The molecule has 7 heteroatoms. The summed E-state index contributed by atoms with van der Waals surface area (Å²) >= 11 is 6.17. The minimum atomic E-state index is -0.249. The van der Waals surface area contributed by atoms with Crippen LogP contribution in [0, 0.1) is 5.92 Å². The molecule has 0 radical (unpaired) electrons. The highest BCUT2D eigenvalue weighted by atomic mass is 35.5. The molecule has 2 heterocycles. The smallest absolute Gasteiger partial charge is 0.216 e. The molecule has 5 rings (SSSR count). The number of aromatic amines is 1. The molecule has 0 amide bonds. The molecule has 1 aromatic heterocycles. The van der Waals surface area contributed by atoms with E-state index in [0.29, 0.717) is 29.5 Å². The standard InChI is InChI=1S/C27H29ClN2O3.C5H11N/c1-5-16(3)23-13-17(24-14-29-30-27(24)32-4)7-9-22(23)21(6-2)26(31)19-11-18-12-20(28)8-10-25(18)33-15-19;1-2-5(6)3-4-5/h6-10,12-14,16,19H,5,11,15H2,1-4H3,(H,29,30);2-4,6H2,1H3/b21-6+;. The van der Waals surface area contributed by atoms with Gasteiger partial charge < -0.3 is 15.2 Å². The first kappa shape index (κ1) is 28.9. The van der Waals surface area contributed by atoms with E-state index in [1.54, 1.807) is 13.3 Å². The van der Waals surface area contributed by atoms with Crippen LogP contribution in [-0.2, 0) is 11.2 Å². The van der Waals surface area contributed by atoms with E-state index in [4.69, 9.17) is 26.8 Å². The quantitative estimate of drug-likeness (QED) is 0.286. The topological polar surface area (TPSA) is 90.2 Å². The molecule has 1 fully saturated rings. The van der Waals surface area contributed by atoms with Crippen LogP contribution in [0.25, 0.3) is 16.7 Å². The third-order valence-corrected chi connectivity index (χ3v) is 8.29. The molecule has 0 spiro atoms. The lowest BCUT2D eigenvalue weighted by Crippen LogP contribution is -2.29. The van der Waals surface area contributed by atoms with E-state index >= 15 is 0 Å². The minimum Gasteiger partial charge on any atom is -0.493 e. The lowest BCUT2D eigenvalue weighted by atomic mass is 9.82. The van der Waals surface area contributed by atoms with Gasteiger partial charge >= 0.3 is 0 Å². The first-order valence-electron chi connectivity index (χ1n) is 13.9. The van der Waals surface area contributed by atoms with Gasteiger partial charge in [0.25, 0.3) is 0 Å². The Hall–Kier alpha value is -3.09. The average molecular weight is 550 g/mol. The number of hydrogen-bond acceptors (Lipinski definition) is 5. The average Bonchev–Trinajstić information content (AvgIpc) is 3.52. The van der Waals surface area contributed by atoms with Gasteiger partial charge in [-0.2, -0.15) is 5.10 Å². The third kappa shape index (κ3) is 6.56. The van der Waals surface area contributed by atoms with Crippen molar-refractivity contribution in [1.82, 2.24) is 10.2 Å². The molecule has 2 aliphatic rings. The summed E-state index contributed by atoms with van der Waals surface area (Å²) in [5.41, 5.74) is 11.7. The fourth-order valence-electron chi connectivity index (χ4n) is 4.93. The Kier molecular flexibility index (Phi) is 9.19. The zero-order chi connectivity index (χ0) is 28.2. The van der Waals surface area contributed by atoms with E-state index in [2.05, 4.69) is 37.0 Å². The van der Waals surface area contributed by atoms with E-state index in [9.17, 15) is 4.79 Å². The van der Waals surface area contributed by atoms with Crippen molar-refractivity contribution in [2.45, 2.75) is 71.3 Å². The number of nitrogens with one attached hydrogen (secondary N) is 1. The van der Waals surface area contributed by atoms with Gasteiger partial charge in [0.1, 0.15) is 5.75 Å². The van der Waals surface area contributed by atoms with Crippen molar-refractivity contribution < 1.29 is 14.3 Å². The number of ether oxygens (including phenoxy) is 2. The van der Waals surface area contributed by atoms with Crippen molar-refractivity contribution in [3.05, 3.63) is 70.4 Å². The van der Waals surface area contributed by atoms with E-state index in [1.807, 2.05) is 43.3 Å². The van der Waals surface area contributed by atoms with Crippen molar-refractivity contribution in [2.75, 3.05) is 13.7 Å². The highest BCUT2D eigenvalue weighted by Gasteiger charge is 2.35. The second kappa shape index (κ2) is 12.4. The molecule has 6 nitrogen and oxygen atoms in total. The Morgan fingerprint density at radius 3 is 2.67 bits per heavy atom. The fourth-order valence-corrected chi connectivity index (χ4v) is 5.13. The van der Waals surface area contributed by atoms with Gasteiger partial charge in [0, 0.05) is 16.1 Å². The Labute approximate surface area is 236 Å². The zero-order valence-electron chi connectivity index (χ0n) is 23.6. The molecule has 3 aromatic rings. The predicted octanol–water partition coefficient (Wildman–Crippen LogP) is 7.36. The maximum atomic E-state index is 13.7. The number of nitrogens with two attached hydrogens (primary N) is 1. The van der Waals surface area contributed by atoms with Crippen LogP contribution in [0.3, 0.4) is 0 Å². The fraction of sp³-hybridized carbons (Fsp3) is 0.438. The van der Waals surface area contributed by atoms with Gasteiger partial charge in [0.05, 0.1) is 31.4 Å². The number of allylic oxidation sites excluding steroid dienone is 2. The minimum absolute atomic E-state index is 0.0984. The van der Waals surface area contributed by atoms with Crippen LogP contribution in [0.1, 0.15) is 76.0 Å². The van der Waals surface area contributed by atoms with Gasteiger partial charge in [-0.3, -0.25) is 4.79 Å². The largest absolute Gasteiger partial charge is 0.493 e. The number of carbonyl (C=O) groups excluding carboxylic acids is 1. The molecule has 1 saturated carbocycles. The number of Topliss-reactive ketones (excluding diaryl/α,β-unsaturated/α-hetero) is 1. The molecule has 39 heavy (non-hydrogen) atoms. The number of H-pyrrole nitrogens is 1. The number of nitrogens with zero attached hydrogens (tertiary/aromatic N) is 1. The summed E-state index contributed by atoms with van der Waals surface area (Å²) in [6, 6.07) is 11.8. The van der Waals surface area contributed by atoms with Crippen molar-refractivity contribution in [2.24, 2.45) is 11.7 Å². The van der Waals surface area contributed by atoms with Crippen LogP contribution in [0.2, 0.25) is 5.02 Å². The number of hydrogen-bond donors (Lipinski definition) is 2. The second-order valence-electron chi connectivity index (χ2n) is 10.7. The summed E-state index contributed by atoms with van der Waals surface area (Å²) in [5, 5.41) is 7.64.